The molecule has 2 N–H and O–H groups in total. The smallest absolute Gasteiger partial charge is 0.307 e. The number of hydrogen-bond donors (Lipinski definition) is 2. The number of ether oxygens (including phenoxy) is 1. The fourth-order valence-corrected chi connectivity index (χ4v) is 3.67. The first-order valence-corrected chi connectivity index (χ1v) is 9.66. The number of fused-ring (bicyclic) bond motifs is 1. The molecule has 8 nitrogen and oxygen atoms in total. The summed E-state index contributed by atoms with van der Waals surface area (Å²) in [5.41, 5.74) is 1.86. The summed E-state index contributed by atoms with van der Waals surface area (Å²) in [4.78, 5) is 49.8. The number of aliphatic carboxylic acids is 1. The van der Waals surface area contributed by atoms with Crippen LogP contribution in [0.4, 0.5) is 5.69 Å². The molecule has 2 aromatic carbocycles. The maximum Gasteiger partial charge on any atom is 0.307 e. The highest BCUT2D eigenvalue weighted by atomic mass is 16.5. The van der Waals surface area contributed by atoms with Gasteiger partial charge < -0.3 is 15.2 Å². The maximum atomic E-state index is 12.7. The average molecular weight is 408 g/mol. The van der Waals surface area contributed by atoms with Crippen molar-refractivity contribution in [2.24, 2.45) is 0 Å². The first kappa shape index (κ1) is 19.8. The van der Waals surface area contributed by atoms with E-state index in [2.05, 4.69) is 5.32 Å². The van der Waals surface area contributed by atoms with Gasteiger partial charge in [0, 0.05) is 17.9 Å². The molecule has 1 atom stereocenters. The molecular weight excluding hydrogens is 388 g/mol. The molecule has 1 saturated heterocycles. The Bertz CT molecular complexity index is 1020. The van der Waals surface area contributed by atoms with Gasteiger partial charge in [0.25, 0.3) is 17.7 Å². The quantitative estimate of drug-likeness (QED) is 0.710. The van der Waals surface area contributed by atoms with E-state index >= 15 is 0 Å². The van der Waals surface area contributed by atoms with E-state index in [9.17, 15) is 19.2 Å². The number of benzene rings is 2. The number of amides is 3. The first-order valence-electron chi connectivity index (χ1n) is 9.66. The minimum absolute atomic E-state index is 0.0996. The molecule has 30 heavy (non-hydrogen) atoms. The third kappa shape index (κ3) is 3.95. The minimum Gasteiger partial charge on any atom is -0.481 e. The van der Waals surface area contributed by atoms with Crippen molar-refractivity contribution in [2.75, 3.05) is 18.5 Å². The molecular formula is C22H20N2O6. The van der Waals surface area contributed by atoms with Crippen LogP contribution in [0, 0.1) is 0 Å². The Labute approximate surface area is 172 Å². The van der Waals surface area contributed by atoms with E-state index in [4.69, 9.17) is 9.84 Å². The highest BCUT2D eigenvalue weighted by Crippen LogP contribution is 2.26. The van der Waals surface area contributed by atoms with Crippen LogP contribution in [0.15, 0.2) is 42.5 Å². The van der Waals surface area contributed by atoms with Gasteiger partial charge in [-0.3, -0.25) is 24.1 Å². The predicted molar refractivity (Wildman–Crippen MR) is 107 cm³/mol. The van der Waals surface area contributed by atoms with Gasteiger partial charge in [0.05, 0.1) is 30.2 Å². The van der Waals surface area contributed by atoms with Gasteiger partial charge in [-0.2, -0.15) is 0 Å². The van der Waals surface area contributed by atoms with Crippen LogP contribution in [-0.4, -0.2) is 53.0 Å². The lowest BCUT2D eigenvalue weighted by Gasteiger charge is -2.17. The SMILES string of the molecule is O=C(O)Cc1ccc(NC(=O)c2ccc3c(c2)C(=O)N(C[C@@H]2CCCO2)C3=O)cc1. The van der Waals surface area contributed by atoms with Gasteiger partial charge in [-0.25, -0.2) is 0 Å². The van der Waals surface area contributed by atoms with Gasteiger partial charge >= 0.3 is 5.97 Å². The van der Waals surface area contributed by atoms with Crippen LogP contribution in [-0.2, 0) is 16.0 Å². The van der Waals surface area contributed by atoms with Gasteiger partial charge in [-0.15, -0.1) is 0 Å². The van der Waals surface area contributed by atoms with Crippen LogP contribution in [0.5, 0.6) is 0 Å². The van der Waals surface area contributed by atoms with E-state index in [0.29, 0.717) is 17.9 Å². The maximum absolute atomic E-state index is 12.7. The second kappa shape index (κ2) is 8.08. The van der Waals surface area contributed by atoms with Gasteiger partial charge in [-0.05, 0) is 48.7 Å². The Kier molecular flexibility index (Phi) is 5.33. The number of anilines is 1. The molecule has 1 fully saturated rings. The fourth-order valence-electron chi connectivity index (χ4n) is 3.67. The second-order valence-corrected chi connectivity index (χ2v) is 7.34. The second-order valence-electron chi connectivity index (χ2n) is 7.34. The zero-order valence-electron chi connectivity index (χ0n) is 16.1. The van der Waals surface area contributed by atoms with Gasteiger partial charge in [0.1, 0.15) is 0 Å². The van der Waals surface area contributed by atoms with E-state index in [1.54, 1.807) is 24.3 Å². The summed E-state index contributed by atoms with van der Waals surface area (Å²) in [6.45, 7) is 0.853. The number of carboxylic acid groups (broad SMARTS) is 1. The molecule has 154 valence electrons. The van der Waals surface area contributed by atoms with Crippen LogP contribution >= 0.6 is 0 Å². The number of carbonyl (C=O) groups excluding carboxylic acids is 3. The molecule has 0 unspecified atom stereocenters. The lowest BCUT2D eigenvalue weighted by molar-refractivity contribution is -0.136. The largest absolute Gasteiger partial charge is 0.481 e. The van der Waals surface area contributed by atoms with Crippen molar-refractivity contribution in [3.63, 3.8) is 0 Å². The van der Waals surface area contributed by atoms with Gasteiger partial charge in [0.2, 0.25) is 0 Å². The molecule has 2 aromatic rings. The Morgan fingerprint density at radius 2 is 1.80 bits per heavy atom. The highest BCUT2D eigenvalue weighted by molar-refractivity contribution is 6.22. The summed E-state index contributed by atoms with van der Waals surface area (Å²) in [6, 6.07) is 10.9. The molecule has 0 radical (unpaired) electrons. The van der Waals surface area contributed by atoms with Crippen molar-refractivity contribution in [1.82, 2.24) is 4.90 Å². The van der Waals surface area contributed by atoms with E-state index in [1.807, 2.05) is 0 Å². The van der Waals surface area contributed by atoms with Crippen molar-refractivity contribution >= 4 is 29.4 Å². The number of hydrogen-bond acceptors (Lipinski definition) is 5. The number of carbonyl (C=O) groups is 4. The molecule has 0 saturated carbocycles. The standard InChI is InChI=1S/C22H20N2O6/c25-19(26)10-13-3-6-15(7-4-13)23-20(27)14-5-8-17-18(11-14)22(29)24(21(17)28)12-16-2-1-9-30-16/h3-8,11,16H,1-2,9-10,12H2,(H,23,27)(H,25,26)/t16-/m0/s1. The molecule has 0 aromatic heterocycles. The van der Waals surface area contributed by atoms with Crippen LogP contribution in [0.3, 0.4) is 0 Å². The van der Waals surface area contributed by atoms with Crippen molar-refractivity contribution in [2.45, 2.75) is 25.4 Å². The molecule has 2 aliphatic heterocycles. The van der Waals surface area contributed by atoms with Crippen molar-refractivity contribution in [3.8, 4) is 0 Å². The monoisotopic (exact) mass is 408 g/mol. The molecule has 0 bridgehead atoms. The molecule has 0 aliphatic carbocycles. The van der Waals surface area contributed by atoms with Gasteiger partial charge in [0.15, 0.2) is 0 Å². The summed E-state index contributed by atoms with van der Waals surface area (Å²) in [5, 5.41) is 11.5. The number of rotatable bonds is 6. The normalized spacial score (nSPS) is 17.9. The van der Waals surface area contributed by atoms with E-state index < -0.39 is 17.8 Å². The Hall–Kier alpha value is -3.52. The van der Waals surface area contributed by atoms with Crippen molar-refractivity contribution < 1.29 is 29.0 Å². The zero-order chi connectivity index (χ0) is 21.3. The summed E-state index contributed by atoms with van der Waals surface area (Å²) >= 11 is 0. The summed E-state index contributed by atoms with van der Waals surface area (Å²) < 4.78 is 5.53. The topological polar surface area (TPSA) is 113 Å². The van der Waals surface area contributed by atoms with Crippen LogP contribution in [0.25, 0.3) is 0 Å². The number of carboxylic acids is 1. The number of nitrogens with one attached hydrogen (secondary N) is 1. The van der Waals surface area contributed by atoms with E-state index in [1.165, 1.54) is 23.1 Å². The van der Waals surface area contributed by atoms with Crippen LogP contribution in [0.2, 0.25) is 0 Å². The first-order chi connectivity index (χ1) is 14.4. The fraction of sp³-hybridized carbons (Fsp3) is 0.273. The average Bonchev–Trinajstić information content (AvgIpc) is 3.32. The Morgan fingerprint density at radius 1 is 1.07 bits per heavy atom. The molecule has 8 heteroatoms. The van der Waals surface area contributed by atoms with Crippen LogP contribution < -0.4 is 5.32 Å². The summed E-state index contributed by atoms with van der Waals surface area (Å²) in [6.07, 6.45) is 1.48. The predicted octanol–water partition coefficient (Wildman–Crippen LogP) is 2.34. The molecule has 2 aliphatic rings. The van der Waals surface area contributed by atoms with Crippen molar-refractivity contribution in [1.29, 1.82) is 0 Å². The lowest BCUT2D eigenvalue weighted by atomic mass is 10.1. The van der Waals surface area contributed by atoms with Crippen LogP contribution in [0.1, 0.15) is 49.5 Å². The molecule has 3 amide bonds. The third-order valence-electron chi connectivity index (χ3n) is 5.21. The number of nitrogens with zero attached hydrogens (tertiary/aromatic N) is 1. The lowest BCUT2D eigenvalue weighted by Crippen LogP contribution is -2.36. The Morgan fingerprint density at radius 3 is 2.47 bits per heavy atom. The third-order valence-corrected chi connectivity index (χ3v) is 5.21. The highest BCUT2D eigenvalue weighted by Gasteiger charge is 2.37. The number of imide groups is 1. The summed E-state index contributed by atoms with van der Waals surface area (Å²) in [7, 11) is 0. The van der Waals surface area contributed by atoms with E-state index in [0.717, 1.165) is 12.8 Å². The van der Waals surface area contributed by atoms with Crippen molar-refractivity contribution in [3.05, 3.63) is 64.7 Å². The molecule has 2 heterocycles. The molecule has 0 spiro atoms. The van der Waals surface area contributed by atoms with Gasteiger partial charge in [-0.1, -0.05) is 12.1 Å². The van der Waals surface area contributed by atoms with E-state index in [-0.39, 0.29) is 41.7 Å². The molecule has 4 rings (SSSR count). The Balaban J connectivity index is 1.47. The minimum atomic E-state index is -0.933. The summed E-state index contributed by atoms with van der Waals surface area (Å²) in [5.74, 6) is -2.15. The zero-order valence-corrected chi connectivity index (χ0v) is 16.1.